The summed E-state index contributed by atoms with van der Waals surface area (Å²) in [6.07, 6.45) is -0.162. The molecular weight excluding hydrogens is 221 g/mol. The molecule has 76 valence electrons. The van der Waals surface area contributed by atoms with Crippen molar-refractivity contribution in [3.05, 3.63) is 33.8 Å². The summed E-state index contributed by atoms with van der Waals surface area (Å²) in [4.78, 5) is 2.15. The van der Waals surface area contributed by atoms with Crippen molar-refractivity contribution >= 4 is 23.2 Å². The molecule has 2 rings (SSSR count). The Labute approximate surface area is 93.0 Å². The van der Waals surface area contributed by atoms with E-state index in [0.717, 1.165) is 25.2 Å². The summed E-state index contributed by atoms with van der Waals surface area (Å²) in [7, 11) is 0. The lowest BCUT2D eigenvalue weighted by atomic mass is 10.1. The Morgan fingerprint density at radius 1 is 1.21 bits per heavy atom. The van der Waals surface area contributed by atoms with Crippen LogP contribution in [0.4, 0.5) is 0 Å². The zero-order valence-electron chi connectivity index (χ0n) is 7.58. The molecule has 0 radical (unpaired) electrons. The molecule has 0 spiro atoms. The predicted molar refractivity (Wildman–Crippen MR) is 57.7 cm³/mol. The second-order valence-electron chi connectivity index (χ2n) is 3.63. The van der Waals surface area contributed by atoms with Gasteiger partial charge in [-0.25, -0.2) is 0 Å². The first-order valence-corrected chi connectivity index (χ1v) is 5.24. The molecule has 0 bridgehead atoms. The van der Waals surface area contributed by atoms with E-state index in [2.05, 4.69) is 4.90 Å². The fourth-order valence-corrected chi connectivity index (χ4v) is 2.20. The molecule has 1 aliphatic heterocycles. The zero-order valence-corrected chi connectivity index (χ0v) is 9.09. The summed E-state index contributed by atoms with van der Waals surface area (Å²) >= 11 is 11.7. The highest BCUT2D eigenvalue weighted by molar-refractivity contribution is 6.34. The van der Waals surface area contributed by atoms with Crippen LogP contribution in [-0.4, -0.2) is 29.2 Å². The number of rotatable bonds is 2. The minimum Gasteiger partial charge on any atom is -0.390 e. The third-order valence-corrected chi connectivity index (χ3v) is 2.70. The highest BCUT2D eigenvalue weighted by Crippen LogP contribution is 2.21. The topological polar surface area (TPSA) is 23.5 Å². The molecule has 0 saturated carbocycles. The van der Waals surface area contributed by atoms with Crippen LogP contribution < -0.4 is 0 Å². The zero-order chi connectivity index (χ0) is 10.1. The first kappa shape index (κ1) is 10.2. The van der Waals surface area contributed by atoms with E-state index in [0.29, 0.717) is 10.0 Å². The number of β-amino-alcohol motifs (C(OH)–C–C–N with tert-alkyl or cyclic N) is 1. The molecule has 0 atom stereocenters. The average molecular weight is 232 g/mol. The van der Waals surface area contributed by atoms with Crippen molar-refractivity contribution in [3.8, 4) is 0 Å². The Balaban J connectivity index is 2.02. The van der Waals surface area contributed by atoms with Crippen LogP contribution in [0.5, 0.6) is 0 Å². The minimum atomic E-state index is -0.162. The maximum Gasteiger partial charge on any atom is 0.0794 e. The van der Waals surface area contributed by atoms with E-state index < -0.39 is 0 Å². The molecule has 1 heterocycles. The summed E-state index contributed by atoms with van der Waals surface area (Å²) in [5.74, 6) is 0. The van der Waals surface area contributed by atoms with Crippen LogP contribution in [0.1, 0.15) is 5.56 Å². The van der Waals surface area contributed by atoms with Crippen molar-refractivity contribution in [2.45, 2.75) is 12.6 Å². The van der Waals surface area contributed by atoms with Crippen molar-refractivity contribution in [2.24, 2.45) is 0 Å². The quantitative estimate of drug-likeness (QED) is 0.844. The summed E-state index contributed by atoms with van der Waals surface area (Å²) in [5.41, 5.74) is 1.09. The largest absolute Gasteiger partial charge is 0.390 e. The van der Waals surface area contributed by atoms with Crippen LogP contribution in [0.25, 0.3) is 0 Å². The van der Waals surface area contributed by atoms with Crippen molar-refractivity contribution in [3.63, 3.8) is 0 Å². The van der Waals surface area contributed by atoms with Gasteiger partial charge in [0.25, 0.3) is 0 Å². The number of hydrogen-bond donors (Lipinski definition) is 1. The van der Waals surface area contributed by atoms with E-state index in [1.54, 1.807) is 6.07 Å². The van der Waals surface area contributed by atoms with Gasteiger partial charge in [-0.3, -0.25) is 4.90 Å². The molecule has 1 aromatic rings. The Kier molecular flexibility index (Phi) is 2.98. The fourth-order valence-electron chi connectivity index (χ4n) is 1.63. The van der Waals surface area contributed by atoms with Crippen LogP contribution in [0, 0.1) is 0 Å². The van der Waals surface area contributed by atoms with Crippen molar-refractivity contribution in [2.75, 3.05) is 13.1 Å². The lowest BCUT2D eigenvalue weighted by molar-refractivity contribution is -0.00285. The normalized spacial score (nSPS) is 18.2. The SMILES string of the molecule is OC1CN(Cc2cc(Cl)cc(Cl)c2)C1. The van der Waals surface area contributed by atoms with Crippen molar-refractivity contribution in [1.29, 1.82) is 0 Å². The van der Waals surface area contributed by atoms with E-state index >= 15 is 0 Å². The van der Waals surface area contributed by atoms with Gasteiger partial charge in [-0.1, -0.05) is 23.2 Å². The number of halogens is 2. The van der Waals surface area contributed by atoms with E-state index in [1.165, 1.54) is 0 Å². The lowest BCUT2D eigenvalue weighted by Gasteiger charge is -2.35. The fraction of sp³-hybridized carbons (Fsp3) is 0.400. The van der Waals surface area contributed by atoms with Gasteiger partial charge in [0, 0.05) is 29.7 Å². The van der Waals surface area contributed by atoms with Gasteiger partial charge in [0.15, 0.2) is 0 Å². The van der Waals surface area contributed by atoms with Gasteiger partial charge in [0.1, 0.15) is 0 Å². The Bertz CT molecular complexity index is 317. The number of hydrogen-bond acceptors (Lipinski definition) is 2. The van der Waals surface area contributed by atoms with E-state index in [9.17, 15) is 0 Å². The van der Waals surface area contributed by atoms with Gasteiger partial charge < -0.3 is 5.11 Å². The molecule has 0 aliphatic carbocycles. The monoisotopic (exact) mass is 231 g/mol. The molecule has 1 N–H and O–H groups in total. The number of nitrogens with zero attached hydrogens (tertiary/aromatic N) is 1. The van der Waals surface area contributed by atoms with E-state index in [1.807, 2.05) is 12.1 Å². The molecule has 1 aromatic carbocycles. The third-order valence-electron chi connectivity index (χ3n) is 2.27. The summed E-state index contributed by atoms with van der Waals surface area (Å²) in [5, 5.41) is 10.4. The highest BCUT2D eigenvalue weighted by Gasteiger charge is 2.23. The maximum atomic E-state index is 9.11. The molecule has 0 unspecified atom stereocenters. The smallest absolute Gasteiger partial charge is 0.0794 e. The lowest BCUT2D eigenvalue weighted by Crippen LogP contribution is -2.49. The Morgan fingerprint density at radius 2 is 1.79 bits per heavy atom. The highest BCUT2D eigenvalue weighted by atomic mass is 35.5. The minimum absolute atomic E-state index is 0.162. The molecule has 1 aliphatic rings. The number of benzene rings is 1. The molecule has 1 saturated heterocycles. The maximum absolute atomic E-state index is 9.11. The molecule has 0 aromatic heterocycles. The van der Waals surface area contributed by atoms with Gasteiger partial charge in [0.2, 0.25) is 0 Å². The standard InChI is InChI=1S/C10H11Cl2NO/c11-8-1-7(2-9(12)3-8)4-13-5-10(14)6-13/h1-3,10,14H,4-6H2. The molecule has 0 amide bonds. The van der Waals surface area contributed by atoms with E-state index in [4.69, 9.17) is 28.3 Å². The second-order valence-corrected chi connectivity index (χ2v) is 4.50. The summed E-state index contributed by atoms with van der Waals surface area (Å²) in [6.45, 7) is 2.28. The van der Waals surface area contributed by atoms with Crippen LogP contribution in [0.2, 0.25) is 10.0 Å². The van der Waals surface area contributed by atoms with Gasteiger partial charge in [0.05, 0.1) is 6.10 Å². The van der Waals surface area contributed by atoms with Crippen molar-refractivity contribution < 1.29 is 5.11 Å². The third kappa shape index (κ3) is 2.39. The number of likely N-dealkylation sites (tertiary alicyclic amines) is 1. The first-order chi connectivity index (χ1) is 6.63. The summed E-state index contributed by atoms with van der Waals surface area (Å²) in [6, 6.07) is 5.52. The summed E-state index contributed by atoms with van der Waals surface area (Å²) < 4.78 is 0. The van der Waals surface area contributed by atoms with Crippen LogP contribution >= 0.6 is 23.2 Å². The first-order valence-electron chi connectivity index (χ1n) is 4.49. The molecule has 4 heteroatoms. The van der Waals surface area contributed by atoms with Gasteiger partial charge in [-0.15, -0.1) is 0 Å². The average Bonchev–Trinajstić information content (AvgIpc) is 1.99. The molecule has 1 fully saturated rings. The molecular formula is C10H11Cl2NO. The van der Waals surface area contributed by atoms with Crippen LogP contribution in [0.3, 0.4) is 0 Å². The van der Waals surface area contributed by atoms with Crippen LogP contribution in [-0.2, 0) is 6.54 Å². The molecule has 2 nitrogen and oxygen atoms in total. The Hall–Kier alpha value is -0.280. The van der Waals surface area contributed by atoms with Crippen molar-refractivity contribution in [1.82, 2.24) is 4.90 Å². The molecule has 14 heavy (non-hydrogen) atoms. The van der Waals surface area contributed by atoms with Crippen LogP contribution in [0.15, 0.2) is 18.2 Å². The number of aliphatic hydroxyl groups excluding tert-OH is 1. The second kappa shape index (κ2) is 4.07. The Morgan fingerprint density at radius 3 is 2.29 bits per heavy atom. The van der Waals surface area contributed by atoms with E-state index in [-0.39, 0.29) is 6.10 Å². The van der Waals surface area contributed by atoms with Gasteiger partial charge in [-0.05, 0) is 23.8 Å². The van der Waals surface area contributed by atoms with Gasteiger partial charge >= 0.3 is 0 Å². The number of aliphatic hydroxyl groups is 1. The predicted octanol–water partition coefficient (Wildman–Crippen LogP) is 2.17. The van der Waals surface area contributed by atoms with Gasteiger partial charge in [-0.2, -0.15) is 0 Å².